The second-order valence-corrected chi connectivity index (χ2v) is 6.09. The molecule has 0 radical (unpaired) electrons. The lowest BCUT2D eigenvalue weighted by Gasteiger charge is -2.01. The summed E-state index contributed by atoms with van der Waals surface area (Å²) < 4.78 is 23.6. The van der Waals surface area contributed by atoms with Gasteiger partial charge in [-0.15, -0.1) is 0 Å². The minimum Gasteiger partial charge on any atom is -0.224 e. The van der Waals surface area contributed by atoms with Crippen LogP contribution in [0.5, 0.6) is 0 Å². The van der Waals surface area contributed by atoms with E-state index in [9.17, 15) is 8.42 Å². The highest BCUT2D eigenvalue weighted by Gasteiger charge is 2.12. The van der Waals surface area contributed by atoms with Gasteiger partial charge in [-0.05, 0) is 24.3 Å². The molecule has 1 aromatic carbocycles. The molecule has 0 N–H and O–H groups in total. The molecular weight excluding hydrogens is 323 g/mol. The van der Waals surface area contributed by atoms with E-state index in [0.717, 1.165) is 0 Å². The molecule has 5 heteroatoms. The van der Waals surface area contributed by atoms with E-state index < -0.39 is 9.84 Å². The standard InChI is InChI=1S/C8H8ClIO2S/c9-7-1-3-8(4-2-7)13(11,12)6-5-10/h1-4H,5-6H2. The van der Waals surface area contributed by atoms with Crippen molar-refractivity contribution in [3.8, 4) is 0 Å². The summed E-state index contributed by atoms with van der Waals surface area (Å²) in [6.07, 6.45) is 0. The number of alkyl halides is 1. The van der Waals surface area contributed by atoms with Gasteiger partial charge in [-0.2, -0.15) is 0 Å². The molecule has 72 valence electrons. The van der Waals surface area contributed by atoms with Crippen molar-refractivity contribution in [1.82, 2.24) is 0 Å². The lowest BCUT2D eigenvalue weighted by Crippen LogP contribution is -2.07. The molecule has 0 saturated carbocycles. The third-order valence-electron chi connectivity index (χ3n) is 1.52. The highest BCUT2D eigenvalue weighted by molar-refractivity contribution is 14.1. The summed E-state index contributed by atoms with van der Waals surface area (Å²) in [4.78, 5) is 0.341. The molecule has 13 heavy (non-hydrogen) atoms. The van der Waals surface area contributed by atoms with Gasteiger partial charge in [-0.1, -0.05) is 34.2 Å². The zero-order valence-electron chi connectivity index (χ0n) is 6.70. The lowest BCUT2D eigenvalue weighted by molar-refractivity contribution is 0.598. The summed E-state index contributed by atoms with van der Waals surface area (Å²) in [5, 5.41) is 0.549. The molecule has 0 saturated heterocycles. The minimum atomic E-state index is -3.09. The molecule has 0 bridgehead atoms. The smallest absolute Gasteiger partial charge is 0.179 e. The summed E-state index contributed by atoms with van der Waals surface area (Å²) in [5.74, 6) is 0.176. The van der Waals surface area contributed by atoms with Crippen LogP contribution in [0.1, 0.15) is 0 Å². The van der Waals surface area contributed by atoms with Crippen molar-refractivity contribution in [3.63, 3.8) is 0 Å². The van der Waals surface area contributed by atoms with Crippen LogP contribution in [0.4, 0.5) is 0 Å². The summed E-state index contributed by atoms with van der Waals surface area (Å²) in [5.41, 5.74) is 0. The van der Waals surface area contributed by atoms with Crippen LogP contribution in [0.25, 0.3) is 0 Å². The summed E-state index contributed by atoms with van der Waals surface area (Å²) >= 11 is 7.68. The summed E-state index contributed by atoms with van der Waals surface area (Å²) in [6, 6.07) is 6.23. The van der Waals surface area contributed by atoms with Crippen molar-refractivity contribution >= 4 is 44.0 Å². The molecule has 0 spiro atoms. The molecule has 0 heterocycles. The Hall–Kier alpha value is 0.190. The predicted octanol–water partition coefficient (Wildman–Crippen LogP) is 2.55. The van der Waals surface area contributed by atoms with E-state index >= 15 is 0 Å². The van der Waals surface area contributed by atoms with Crippen molar-refractivity contribution in [2.75, 3.05) is 10.2 Å². The Balaban J connectivity index is 3.02. The van der Waals surface area contributed by atoms with Crippen LogP contribution in [-0.4, -0.2) is 18.6 Å². The molecular formula is C8H8ClIO2S. The van der Waals surface area contributed by atoms with E-state index in [2.05, 4.69) is 0 Å². The minimum absolute atomic E-state index is 0.176. The molecule has 0 aliphatic carbocycles. The molecule has 0 aromatic heterocycles. The van der Waals surface area contributed by atoms with E-state index in [1.54, 1.807) is 12.1 Å². The van der Waals surface area contributed by atoms with Crippen molar-refractivity contribution in [1.29, 1.82) is 0 Å². The first-order valence-corrected chi connectivity index (χ1v) is 7.16. The Bertz CT molecular complexity index is 372. The normalized spacial score (nSPS) is 11.5. The molecule has 1 rings (SSSR count). The number of hydrogen-bond donors (Lipinski definition) is 0. The van der Waals surface area contributed by atoms with Crippen molar-refractivity contribution in [2.45, 2.75) is 4.90 Å². The van der Waals surface area contributed by atoms with Gasteiger partial charge in [0.05, 0.1) is 10.6 Å². The second-order valence-electron chi connectivity index (χ2n) is 2.46. The maximum Gasteiger partial charge on any atom is 0.179 e. The van der Waals surface area contributed by atoms with Crippen molar-refractivity contribution in [3.05, 3.63) is 29.3 Å². The van der Waals surface area contributed by atoms with Crippen LogP contribution in [0.2, 0.25) is 5.02 Å². The molecule has 0 aliphatic rings. The van der Waals surface area contributed by atoms with Crippen LogP contribution in [0.3, 0.4) is 0 Å². The quantitative estimate of drug-likeness (QED) is 0.630. The Morgan fingerprint density at radius 3 is 2.23 bits per heavy atom. The van der Waals surface area contributed by atoms with Crippen LogP contribution in [0, 0.1) is 0 Å². The Morgan fingerprint density at radius 2 is 1.77 bits per heavy atom. The maximum atomic E-state index is 11.5. The van der Waals surface area contributed by atoms with E-state index in [1.165, 1.54) is 12.1 Å². The Labute approximate surface area is 96.4 Å². The van der Waals surface area contributed by atoms with Gasteiger partial charge in [-0.3, -0.25) is 0 Å². The van der Waals surface area contributed by atoms with Crippen molar-refractivity contribution < 1.29 is 8.42 Å². The number of rotatable bonds is 3. The first-order valence-electron chi connectivity index (χ1n) is 3.60. The van der Waals surface area contributed by atoms with Gasteiger partial charge in [0.1, 0.15) is 0 Å². The largest absolute Gasteiger partial charge is 0.224 e. The van der Waals surface area contributed by atoms with Gasteiger partial charge in [0.2, 0.25) is 0 Å². The zero-order chi connectivity index (χ0) is 9.90. The SMILES string of the molecule is O=S(=O)(CCI)c1ccc(Cl)cc1. The van der Waals surface area contributed by atoms with E-state index in [0.29, 0.717) is 14.3 Å². The fraction of sp³-hybridized carbons (Fsp3) is 0.250. The van der Waals surface area contributed by atoms with Crippen LogP contribution in [-0.2, 0) is 9.84 Å². The highest BCUT2D eigenvalue weighted by atomic mass is 127. The number of hydrogen-bond acceptors (Lipinski definition) is 2. The number of benzene rings is 1. The Morgan fingerprint density at radius 1 is 1.23 bits per heavy atom. The molecule has 0 aliphatic heterocycles. The Kier molecular flexibility index (Phi) is 4.00. The van der Waals surface area contributed by atoms with Gasteiger partial charge in [-0.25, -0.2) is 8.42 Å². The van der Waals surface area contributed by atoms with E-state index in [4.69, 9.17) is 11.6 Å². The van der Waals surface area contributed by atoms with Gasteiger partial charge < -0.3 is 0 Å². The number of sulfone groups is 1. The molecule has 1 aromatic rings. The molecule has 0 atom stereocenters. The highest BCUT2D eigenvalue weighted by Crippen LogP contribution is 2.15. The lowest BCUT2D eigenvalue weighted by atomic mass is 10.4. The van der Waals surface area contributed by atoms with Gasteiger partial charge >= 0.3 is 0 Å². The predicted molar refractivity (Wildman–Crippen MR) is 62.4 cm³/mol. The zero-order valence-corrected chi connectivity index (χ0v) is 10.4. The fourth-order valence-corrected chi connectivity index (χ4v) is 3.72. The molecule has 0 unspecified atom stereocenters. The summed E-state index contributed by atoms with van der Waals surface area (Å²) in [6.45, 7) is 0. The number of halogens is 2. The first-order chi connectivity index (χ1) is 6.06. The van der Waals surface area contributed by atoms with Crippen LogP contribution < -0.4 is 0 Å². The fourth-order valence-electron chi connectivity index (χ4n) is 0.861. The average molecular weight is 331 g/mol. The monoisotopic (exact) mass is 330 g/mol. The van der Waals surface area contributed by atoms with Crippen molar-refractivity contribution in [2.24, 2.45) is 0 Å². The molecule has 2 nitrogen and oxygen atoms in total. The van der Waals surface area contributed by atoms with E-state index in [1.807, 2.05) is 22.6 Å². The van der Waals surface area contributed by atoms with Gasteiger partial charge in [0, 0.05) is 9.45 Å². The molecule has 0 fully saturated rings. The average Bonchev–Trinajstić information content (AvgIpc) is 2.05. The topological polar surface area (TPSA) is 34.1 Å². The van der Waals surface area contributed by atoms with Gasteiger partial charge in [0.25, 0.3) is 0 Å². The first kappa shape index (κ1) is 11.3. The molecule has 0 amide bonds. The second kappa shape index (κ2) is 4.61. The van der Waals surface area contributed by atoms with Gasteiger partial charge in [0.15, 0.2) is 9.84 Å². The third-order valence-corrected chi connectivity index (χ3v) is 4.77. The maximum absolute atomic E-state index is 11.5. The summed E-state index contributed by atoms with van der Waals surface area (Å²) in [7, 11) is -3.09. The van der Waals surface area contributed by atoms with Crippen LogP contribution >= 0.6 is 34.2 Å². The third kappa shape index (κ3) is 3.11. The van der Waals surface area contributed by atoms with Crippen LogP contribution in [0.15, 0.2) is 29.2 Å². The van der Waals surface area contributed by atoms with E-state index in [-0.39, 0.29) is 5.75 Å².